The van der Waals surface area contributed by atoms with Gasteiger partial charge in [0.15, 0.2) is 0 Å². The van der Waals surface area contributed by atoms with E-state index >= 15 is 0 Å². The van der Waals surface area contributed by atoms with E-state index in [4.69, 9.17) is 4.74 Å². The highest BCUT2D eigenvalue weighted by atomic mass is 16.5. The van der Waals surface area contributed by atoms with Crippen molar-refractivity contribution < 1.29 is 9.84 Å². The molecule has 88 valence electrons. The lowest BCUT2D eigenvalue weighted by molar-refractivity contribution is -0.0242. The summed E-state index contributed by atoms with van der Waals surface area (Å²) in [6.07, 6.45) is 0. The molecule has 2 aromatic carbocycles. The van der Waals surface area contributed by atoms with E-state index in [9.17, 15) is 5.11 Å². The normalized spacial score (nSPS) is 11.4. The van der Waals surface area contributed by atoms with Gasteiger partial charge >= 0.3 is 0 Å². The van der Waals surface area contributed by atoms with Crippen LogP contribution in [0.25, 0.3) is 0 Å². The Labute approximate surface area is 101 Å². The summed E-state index contributed by atoms with van der Waals surface area (Å²) in [5, 5.41) is 9.76. The minimum atomic E-state index is -0.775. The minimum Gasteiger partial charge on any atom is -0.393 e. The quantitative estimate of drug-likeness (QED) is 0.871. The summed E-state index contributed by atoms with van der Waals surface area (Å²) >= 11 is 0. The smallest absolute Gasteiger partial charge is 0.141 e. The molecule has 17 heavy (non-hydrogen) atoms. The molecule has 0 radical (unpaired) electrons. The maximum Gasteiger partial charge on any atom is 0.141 e. The van der Waals surface area contributed by atoms with Crippen molar-refractivity contribution in [2.24, 2.45) is 0 Å². The van der Waals surface area contributed by atoms with Crippen molar-refractivity contribution in [3.8, 4) is 0 Å². The van der Waals surface area contributed by atoms with Crippen molar-refractivity contribution >= 4 is 0 Å². The van der Waals surface area contributed by atoms with Gasteiger partial charge in [0.1, 0.15) is 5.60 Å². The first-order valence-corrected chi connectivity index (χ1v) is 5.60. The zero-order valence-corrected chi connectivity index (χ0v) is 9.84. The van der Waals surface area contributed by atoms with Gasteiger partial charge in [-0.25, -0.2) is 0 Å². The largest absolute Gasteiger partial charge is 0.393 e. The van der Waals surface area contributed by atoms with E-state index in [0.29, 0.717) is 0 Å². The molecule has 2 heteroatoms. The van der Waals surface area contributed by atoms with E-state index in [0.717, 1.165) is 11.1 Å². The third-order valence-corrected chi connectivity index (χ3v) is 3.05. The van der Waals surface area contributed by atoms with Crippen molar-refractivity contribution in [2.45, 2.75) is 5.60 Å². The molecule has 0 aliphatic rings. The Morgan fingerprint density at radius 2 is 1.29 bits per heavy atom. The molecule has 0 spiro atoms. The second kappa shape index (κ2) is 5.13. The lowest BCUT2D eigenvalue weighted by atomic mass is 9.87. The van der Waals surface area contributed by atoms with Gasteiger partial charge in [0, 0.05) is 7.11 Å². The van der Waals surface area contributed by atoms with Gasteiger partial charge in [0.25, 0.3) is 0 Å². The van der Waals surface area contributed by atoms with E-state index in [1.165, 1.54) is 0 Å². The van der Waals surface area contributed by atoms with Crippen LogP contribution in [0.4, 0.5) is 0 Å². The average Bonchev–Trinajstić information content (AvgIpc) is 2.43. The number of aliphatic hydroxyl groups excluding tert-OH is 1. The molecule has 0 unspecified atom stereocenters. The predicted octanol–water partition coefficient (Wildman–Crippen LogP) is 2.57. The third kappa shape index (κ3) is 2.09. The number of aliphatic hydroxyl groups is 1. The summed E-state index contributed by atoms with van der Waals surface area (Å²) in [5.74, 6) is 0. The van der Waals surface area contributed by atoms with Gasteiger partial charge in [-0.15, -0.1) is 0 Å². The molecule has 0 amide bonds. The molecule has 0 bridgehead atoms. The topological polar surface area (TPSA) is 29.5 Å². The minimum absolute atomic E-state index is 0.0858. The number of rotatable bonds is 4. The van der Waals surface area contributed by atoms with Crippen LogP contribution in [-0.2, 0) is 10.3 Å². The summed E-state index contributed by atoms with van der Waals surface area (Å²) < 4.78 is 5.61. The van der Waals surface area contributed by atoms with Crippen LogP contribution in [-0.4, -0.2) is 18.8 Å². The lowest BCUT2D eigenvalue weighted by Crippen LogP contribution is -2.34. The van der Waals surface area contributed by atoms with Crippen LogP contribution in [0.3, 0.4) is 0 Å². The maximum absolute atomic E-state index is 9.76. The lowest BCUT2D eigenvalue weighted by Gasteiger charge is -2.31. The standard InChI is InChI=1S/C15H16O2/c1-17-15(12-16,13-8-4-2-5-9-13)14-10-6-3-7-11-14/h2-11,16H,12H2,1H3. The number of benzene rings is 2. The van der Waals surface area contributed by atoms with Gasteiger partial charge < -0.3 is 9.84 Å². The van der Waals surface area contributed by atoms with E-state index in [1.807, 2.05) is 60.7 Å². The van der Waals surface area contributed by atoms with E-state index in [2.05, 4.69) is 0 Å². The molecule has 0 aliphatic carbocycles. The Morgan fingerprint density at radius 3 is 1.59 bits per heavy atom. The second-order valence-electron chi connectivity index (χ2n) is 3.92. The fourth-order valence-corrected chi connectivity index (χ4v) is 2.06. The predicted molar refractivity (Wildman–Crippen MR) is 67.8 cm³/mol. The summed E-state index contributed by atoms with van der Waals surface area (Å²) in [7, 11) is 1.62. The molecular formula is C15H16O2. The first-order valence-electron chi connectivity index (χ1n) is 5.60. The monoisotopic (exact) mass is 228 g/mol. The summed E-state index contributed by atoms with van der Waals surface area (Å²) in [6.45, 7) is -0.0858. The van der Waals surface area contributed by atoms with Crippen molar-refractivity contribution in [3.63, 3.8) is 0 Å². The molecule has 2 rings (SSSR count). The van der Waals surface area contributed by atoms with Crippen LogP contribution >= 0.6 is 0 Å². The zero-order valence-electron chi connectivity index (χ0n) is 9.84. The summed E-state index contributed by atoms with van der Waals surface area (Å²) in [4.78, 5) is 0. The van der Waals surface area contributed by atoms with Crippen LogP contribution in [0.1, 0.15) is 11.1 Å². The van der Waals surface area contributed by atoms with Crippen molar-refractivity contribution in [1.29, 1.82) is 0 Å². The Bertz CT molecular complexity index is 405. The van der Waals surface area contributed by atoms with E-state index < -0.39 is 5.60 Å². The Kier molecular flexibility index (Phi) is 3.57. The molecule has 0 fully saturated rings. The molecule has 0 atom stereocenters. The highest BCUT2D eigenvalue weighted by Crippen LogP contribution is 2.32. The number of ether oxygens (including phenoxy) is 1. The van der Waals surface area contributed by atoms with Crippen LogP contribution in [0.2, 0.25) is 0 Å². The fraction of sp³-hybridized carbons (Fsp3) is 0.200. The third-order valence-electron chi connectivity index (χ3n) is 3.05. The first-order chi connectivity index (χ1) is 8.33. The summed E-state index contributed by atoms with van der Waals surface area (Å²) in [5.41, 5.74) is 1.13. The van der Waals surface area contributed by atoms with Crippen LogP contribution in [0.15, 0.2) is 60.7 Å². The SMILES string of the molecule is COC(CO)(c1ccccc1)c1ccccc1. The van der Waals surface area contributed by atoms with Crippen molar-refractivity contribution in [1.82, 2.24) is 0 Å². The molecular weight excluding hydrogens is 212 g/mol. The van der Waals surface area contributed by atoms with Gasteiger partial charge in [-0.1, -0.05) is 60.7 Å². The molecule has 1 N–H and O–H groups in total. The van der Waals surface area contributed by atoms with Crippen molar-refractivity contribution in [3.05, 3.63) is 71.8 Å². The summed E-state index contributed by atoms with van der Waals surface area (Å²) in [6, 6.07) is 19.5. The number of hydrogen-bond donors (Lipinski definition) is 1. The Morgan fingerprint density at radius 1 is 0.882 bits per heavy atom. The highest BCUT2D eigenvalue weighted by Gasteiger charge is 2.33. The molecule has 2 aromatic rings. The van der Waals surface area contributed by atoms with E-state index in [1.54, 1.807) is 7.11 Å². The van der Waals surface area contributed by atoms with Gasteiger partial charge in [-0.05, 0) is 11.1 Å². The van der Waals surface area contributed by atoms with Gasteiger partial charge in [-0.3, -0.25) is 0 Å². The molecule has 0 aromatic heterocycles. The molecule has 0 saturated carbocycles. The van der Waals surface area contributed by atoms with Crippen LogP contribution < -0.4 is 0 Å². The van der Waals surface area contributed by atoms with E-state index in [-0.39, 0.29) is 6.61 Å². The van der Waals surface area contributed by atoms with Crippen LogP contribution in [0, 0.1) is 0 Å². The maximum atomic E-state index is 9.76. The molecule has 0 saturated heterocycles. The fourth-order valence-electron chi connectivity index (χ4n) is 2.06. The van der Waals surface area contributed by atoms with Crippen LogP contribution in [0.5, 0.6) is 0 Å². The number of hydrogen-bond acceptors (Lipinski definition) is 2. The Hall–Kier alpha value is -1.64. The average molecular weight is 228 g/mol. The van der Waals surface area contributed by atoms with Gasteiger partial charge in [0.2, 0.25) is 0 Å². The highest BCUT2D eigenvalue weighted by molar-refractivity contribution is 5.36. The zero-order chi connectivity index (χ0) is 12.1. The molecule has 2 nitrogen and oxygen atoms in total. The van der Waals surface area contributed by atoms with Crippen molar-refractivity contribution in [2.75, 3.05) is 13.7 Å². The Balaban J connectivity index is 2.54. The second-order valence-corrected chi connectivity index (χ2v) is 3.92. The molecule has 0 heterocycles. The van der Waals surface area contributed by atoms with Gasteiger partial charge in [-0.2, -0.15) is 0 Å². The van der Waals surface area contributed by atoms with Gasteiger partial charge in [0.05, 0.1) is 6.61 Å². The number of methoxy groups -OCH3 is 1. The first kappa shape index (κ1) is 11.8. The molecule has 0 aliphatic heterocycles.